The molecule has 140 valence electrons. The minimum Gasteiger partial charge on any atom is -0.473 e. The fourth-order valence-corrected chi connectivity index (χ4v) is 3.22. The lowest BCUT2D eigenvalue weighted by Gasteiger charge is -2.11. The van der Waals surface area contributed by atoms with Gasteiger partial charge in [-0.3, -0.25) is 0 Å². The summed E-state index contributed by atoms with van der Waals surface area (Å²) >= 11 is 0. The number of nitrogens with zero attached hydrogens (tertiary/aromatic N) is 3. The van der Waals surface area contributed by atoms with Gasteiger partial charge in [-0.05, 0) is 48.2 Å². The molecule has 0 atom stereocenters. The molecule has 2 aromatic heterocycles. The molecular formula is C23H22N4O. The minimum atomic E-state index is 0.309. The van der Waals surface area contributed by atoms with Crippen LogP contribution in [0, 0.1) is 6.92 Å². The molecule has 2 aromatic carbocycles. The summed E-state index contributed by atoms with van der Waals surface area (Å²) in [5.74, 6) is 1.01. The predicted octanol–water partition coefficient (Wildman–Crippen LogP) is 4.72. The van der Waals surface area contributed by atoms with Gasteiger partial charge in [0.15, 0.2) is 0 Å². The highest BCUT2D eigenvalue weighted by Gasteiger charge is 2.09. The number of benzene rings is 2. The van der Waals surface area contributed by atoms with E-state index in [-0.39, 0.29) is 0 Å². The van der Waals surface area contributed by atoms with Crippen LogP contribution in [0.15, 0.2) is 60.9 Å². The van der Waals surface area contributed by atoms with Crippen LogP contribution < -0.4 is 10.5 Å². The van der Waals surface area contributed by atoms with Gasteiger partial charge in [-0.2, -0.15) is 0 Å². The Morgan fingerprint density at radius 3 is 2.68 bits per heavy atom. The van der Waals surface area contributed by atoms with Crippen LogP contribution >= 0.6 is 0 Å². The van der Waals surface area contributed by atoms with Gasteiger partial charge in [0.25, 0.3) is 0 Å². The van der Waals surface area contributed by atoms with E-state index in [9.17, 15) is 0 Å². The van der Waals surface area contributed by atoms with Crippen molar-refractivity contribution in [2.24, 2.45) is 0 Å². The number of pyridine rings is 1. The third-order valence-electron chi connectivity index (χ3n) is 4.82. The van der Waals surface area contributed by atoms with E-state index in [1.807, 2.05) is 25.1 Å². The maximum Gasteiger partial charge on any atom is 0.216 e. The second kappa shape index (κ2) is 7.64. The van der Waals surface area contributed by atoms with E-state index < -0.39 is 0 Å². The first-order valence-corrected chi connectivity index (χ1v) is 9.33. The van der Waals surface area contributed by atoms with Crippen molar-refractivity contribution in [3.8, 4) is 17.0 Å². The molecule has 0 spiro atoms. The summed E-state index contributed by atoms with van der Waals surface area (Å²) < 4.78 is 5.83. The van der Waals surface area contributed by atoms with E-state index in [2.05, 4.69) is 58.3 Å². The molecule has 0 bridgehead atoms. The van der Waals surface area contributed by atoms with Gasteiger partial charge in [0.1, 0.15) is 18.8 Å². The lowest BCUT2D eigenvalue weighted by molar-refractivity contribution is 0.293. The van der Waals surface area contributed by atoms with Gasteiger partial charge in [-0.1, -0.05) is 37.3 Å². The zero-order valence-corrected chi connectivity index (χ0v) is 16.0. The topological polar surface area (TPSA) is 73.9 Å². The molecule has 0 aliphatic carbocycles. The van der Waals surface area contributed by atoms with Crippen molar-refractivity contribution in [1.82, 2.24) is 15.0 Å². The number of nitrogens with two attached hydrogens (primary N) is 1. The molecule has 2 N–H and O–H groups in total. The molecule has 0 unspecified atom stereocenters. The van der Waals surface area contributed by atoms with E-state index in [0.29, 0.717) is 18.3 Å². The van der Waals surface area contributed by atoms with Gasteiger partial charge in [0.2, 0.25) is 5.88 Å². The lowest BCUT2D eigenvalue weighted by Crippen LogP contribution is -2.04. The van der Waals surface area contributed by atoms with Crippen LogP contribution in [0.3, 0.4) is 0 Å². The number of aryl methyl sites for hydroxylation is 2. The summed E-state index contributed by atoms with van der Waals surface area (Å²) in [5.41, 5.74) is 12.4. The molecule has 4 aromatic rings. The Balaban J connectivity index is 1.65. The number of aromatic nitrogens is 3. The number of anilines is 1. The van der Waals surface area contributed by atoms with Gasteiger partial charge in [-0.25, -0.2) is 15.0 Å². The standard InChI is InChI=1S/C23H22N4O/c1-3-19-12-22(26-14-25-19)28-13-18-11-17-10-16(8-9-21(17)27-23(18)24)20-7-5-4-6-15(20)2/h4-12,14H,3,13H2,1-2H3,(H2,24,27). The summed E-state index contributed by atoms with van der Waals surface area (Å²) in [4.78, 5) is 12.9. The van der Waals surface area contributed by atoms with Crippen molar-refractivity contribution in [3.05, 3.63) is 77.7 Å². The molecule has 0 aliphatic rings. The van der Waals surface area contributed by atoms with Gasteiger partial charge in [0, 0.05) is 22.7 Å². The molecule has 0 aliphatic heterocycles. The Morgan fingerprint density at radius 2 is 1.86 bits per heavy atom. The fraction of sp³-hybridized carbons (Fsp3) is 0.174. The largest absolute Gasteiger partial charge is 0.473 e. The Morgan fingerprint density at radius 1 is 1.00 bits per heavy atom. The number of rotatable bonds is 5. The molecule has 5 nitrogen and oxygen atoms in total. The van der Waals surface area contributed by atoms with Crippen molar-refractivity contribution < 1.29 is 4.74 Å². The molecule has 2 heterocycles. The first-order valence-electron chi connectivity index (χ1n) is 9.33. The Bertz CT molecular complexity index is 1140. The number of hydrogen-bond acceptors (Lipinski definition) is 5. The van der Waals surface area contributed by atoms with Crippen molar-refractivity contribution in [1.29, 1.82) is 0 Å². The highest BCUT2D eigenvalue weighted by atomic mass is 16.5. The quantitative estimate of drug-likeness (QED) is 0.550. The lowest BCUT2D eigenvalue weighted by atomic mass is 9.99. The first kappa shape index (κ1) is 17.9. The monoisotopic (exact) mass is 370 g/mol. The Labute approximate surface area is 164 Å². The van der Waals surface area contributed by atoms with Crippen LogP contribution in [0.1, 0.15) is 23.7 Å². The third-order valence-corrected chi connectivity index (χ3v) is 4.82. The van der Waals surface area contributed by atoms with Gasteiger partial charge in [0.05, 0.1) is 5.52 Å². The average molecular weight is 370 g/mol. The number of hydrogen-bond donors (Lipinski definition) is 1. The summed E-state index contributed by atoms with van der Waals surface area (Å²) in [6.45, 7) is 4.47. The molecule has 5 heteroatoms. The van der Waals surface area contributed by atoms with Gasteiger partial charge in [-0.15, -0.1) is 0 Å². The van der Waals surface area contributed by atoms with Crippen molar-refractivity contribution in [2.45, 2.75) is 26.9 Å². The van der Waals surface area contributed by atoms with E-state index >= 15 is 0 Å². The summed E-state index contributed by atoms with van der Waals surface area (Å²) in [5, 5.41) is 1.03. The Hall–Kier alpha value is -3.47. The third kappa shape index (κ3) is 3.64. The average Bonchev–Trinajstić information content (AvgIpc) is 2.72. The number of ether oxygens (including phenoxy) is 1. The van der Waals surface area contributed by atoms with Gasteiger partial charge < -0.3 is 10.5 Å². The smallest absolute Gasteiger partial charge is 0.216 e. The molecule has 0 radical (unpaired) electrons. The molecule has 0 saturated heterocycles. The first-order chi connectivity index (χ1) is 13.6. The van der Waals surface area contributed by atoms with Crippen LogP contribution in [0.25, 0.3) is 22.0 Å². The Kier molecular flexibility index (Phi) is 4.89. The zero-order valence-electron chi connectivity index (χ0n) is 16.0. The predicted molar refractivity (Wildman–Crippen MR) is 112 cm³/mol. The van der Waals surface area contributed by atoms with E-state index in [0.717, 1.165) is 34.1 Å². The molecule has 0 fully saturated rings. The number of nitrogen functional groups attached to an aromatic ring is 1. The summed E-state index contributed by atoms with van der Waals surface area (Å²) in [6.07, 6.45) is 2.35. The molecule has 28 heavy (non-hydrogen) atoms. The van der Waals surface area contributed by atoms with Crippen LogP contribution in [-0.2, 0) is 13.0 Å². The zero-order chi connectivity index (χ0) is 19.5. The van der Waals surface area contributed by atoms with Crippen LogP contribution in [-0.4, -0.2) is 15.0 Å². The summed E-state index contributed by atoms with van der Waals surface area (Å²) in [7, 11) is 0. The highest BCUT2D eigenvalue weighted by molar-refractivity contribution is 5.87. The van der Waals surface area contributed by atoms with Crippen molar-refractivity contribution >= 4 is 16.7 Å². The second-order valence-corrected chi connectivity index (χ2v) is 6.74. The second-order valence-electron chi connectivity index (χ2n) is 6.74. The SMILES string of the molecule is CCc1cc(OCc2cc3cc(-c4ccccc4C)ccc3nc2N)ncn1. The summed E-state index contributed by atoms with van der Waals surface area (Å²) in [6, 6.07) is 18.5. The van der Waals surface area contributed by atoms with Crippen LogP contribution in [0.4, 0.5) is 5.82 Å². The fourth-order valence-electron chi connectivity index (χ4n) is 3.22. The molecule has 0 saturated carbocycles. The molecular weight excluding hydrogens is 348 g/mol. The van der Waals surface area contributed by atoms with Crippen LogP contribution in [0.2, 0.25) is 0 Å². The number of fused-ring (bicyclic) bond motifs is 1. The van der Waals surface area contributed by atoms with Gasteiger partial charge >= 0.3 is 0 Å². The maximum atomic E-state index is 6.16. The molecule has 0 amide bonds. The van der Waals surface area contributed by atoms with Crippen molar-refractivity contribution in [2.75, 3.05) is 5.73 Å². The van der Waals surface area contributed by atoms with Crippen molar-refractivity contribution in [3.63, 3.8) is 0 Å². The maximum absolute atomic E-state index is 6.16. The van der Waals surface area contributed by atoms with Crippen LogP contribution in [0.5, 0.6) is 5.88 Å². The highest BCUT2D eigenvalue weighted by Crippen LogP contribution is 2.28. The normalized spacial score (nSPS) is 10.9. The minimum absolute atomic E-state index is 0.309. The molecule has 4 rings (SSSR count). The van der Waals surface area contributed by atoms with E-state index in [1.54, 1.807) is 0 Å². The van der Waals surface area contributed by atoms with E-state index in [1.165, 1.54) is 17.5 Å². The van der Waals surface area contributed by atoms with E-state index in [4.69, 9.17) is 10.5 Å².